The van der Waals surface area contributed by atoms with Crippen LogP contribution in [-0.2, 0) is 6.54 Å². The van der Waals surface area contributed by atoms with Crippen LogP contribution < -0.4 is 5.32 Å². The Morgan fingerprint density at radius 3 is 2.94 bits per heavy atom. The van der Waals surface area contributed by atoms with Crippen LogP contribution in [0.2, 0.25) is 0 Å². The maximum Gasteiger partial charge on any atom is 0.184 e. The van der Waals surface area contributed by atoms with Crippen LogP contribution in [0.1, 0.15) is 5.82 Å². The third-order valence-electron chi connectivity index (χ3n) is 2.03. The molecule has 16 heavy (non-hydrogen) atoms. The molecule has 0 spiro atoms. The van der Waals surface area contributed by atoms with Crippen molar-refractivity contribution in [3.63, 3.8) is 0 Å². The van der Waals surface area contributed by atoms with Gasteiger partial charge in [-0.15, -0.1) is 5.10 Å². The molecule has 0 unspecified atom stereocenters. The molecule has 1 aromatic heterocycles. The van der Waals surface area contributed by atoms with Gasteiger partial charge in [0.25, 0.3) is 0 Å². The molecule has 0 radical (unpaired) electrons. The Bertz CT molecular complexity index is 496. The molecule has 0 bridgehead atoms. The van der Waals surface area contributed by atoms with E-state index in [-0.39, 0.29) is 5.69 Å². The Balaban J connectivity index is 2.50. The van der Waals surface area contributed by atoms with E-state index in [0.717, 1.165) is 10.7 Å². The lowest BCUT2D eigenvalue weighted by Gasteiger charge is -2.05. The van der Waals surface area contributed by atoms with E-state index in [4.69, 9.17) is 0 Å². The lowest BCUT2D eigenvalue weighted by Crippen LogP contribution is -2.13. The molecule has 7 heteroatoms. The van der Waals surface area contributed by atoms with Gasteiger partial charge in [0.2, 0.25) is 0 Å². The zero-order valence-electron chi connectivity index (χ0n) is 8.48. The molecular formula is C9H9F2N5. The average Bonchev–Trinajstić information content (AvgIpc) is 2.71. The second kappa shape index (κ2) is 4.31. The number of nitrogens with zero attached hydrogens (tertiary/aromatic N) is 4. The normalized spacial score (nSPS) is 10.7. The van der Waals surface area contributed by atoms with E-state index in [2.05, 4.69) is 20.8 Å². The Kier molecular flexibility index (Phi) is 2.86. The number of tetrazole rings is 1. The fourth-order valence-electron chi connectivity index (χ4n) is 1.32. The zero-order valence-corrected chi connectivity index (χ0v) is 8.48. The molecule has 84 valence electrons. The Hall–Kier alpha value is -1.89. The molecule has 0 saturated carbocycles. The summed E-state index contributed by atoms with van der Waals surface area (Å²) < 4.78 is 27.7. The standard InChI is InChI=1S/C9H9F2N5/c1-12-5-8-13-14-15-16(8)7-4-2-3-6(10)9(7)11/h2-4,12H,5H2,1H3. The number of hydrogen-bond acceptors (Lipinski definition) is 4. The van der Waals surface area contributed by atoms with E-state index >= 15 is 0 Å². The van der Waals surface area contributed by atoms with E-state index in [1.165, 1.54) is 12.1 Å². The van der Waals surface area contributed by atoms with Crippen molar-refractivity contribution in [3.8, 4) is 5.69 Å². The first-order valence-electron chi connectivity index (χ1n) is 4.60. The molecular weight excluding hydrogens is 216 g/mol. The predicted octanol–water partition coefficient (Wildman–Crippen LogP) is 0.660. The second-order valence-corrected chi connectivity index (χ2v) is 3.11. The molecule has 1 N–H and O–H groups in total. The summed E-state index contributed by atoms with van der Waals surface area (Å²) in [5.41, 5.74) is -0.00440. The number of rotatable bonds is 3. The van der Waals surface area contributed by atoms with E-state index in [1.54, 1.807) is 7.05 Å². The van der Waals surface area contributed by atoms with Gasteiger partial charge in [-0.1, -0.05) is 6.07 Å². The number of nitrogens with one attached hydrogen (secondary N) is 1. The third-order valence-corrected chi connectivity index (χ3v) is 2.03. The quantitative estimate of drug-likeness (QED) is 0.833. The van der Waals surface area contributed by atoms with Gasteiger partial charge in [0.1, 0.15) is 5.69 Å². The van der Waals surface area contributed by atoms with Crippen LogP contribution in [-0.4, -0.2) is 27.3 Å². The molecule has 2 rings (SSSR count). The van der Waals surface area contributed by atoms with Gasteiger partial charge in [-0.3, -0.25) is 0 Å². The highest BCUT2D eigenvalue weighted by Crippen LogP contribution is 2.15. The molecule has 0 aliphatic heterocycles. The van der Waals surface area contributed by atoms with Crippen molar-refractivity contribution in [1.82, 2.24) is 25.5 Å². The molecule has 1 aromatic carbocycles. The van der Waals surface area contributed by atoms with Crippen LogP contribution in [0, 0.1) is 11.6 Å². The summed E-state index contributed by atoms with van der Waals surface area (Å²) in [4.78, 5) is 0. The Morgan fingerprint density at radius 2 is 2.19 bits per heavy atom. The van der Waals surface area contributed by atoms with E-state index in [9.17, 15) is 8.78 Å². The zero-order chi connectivity index (χ0) is 11.5. The summed E-state index contributed by atoms with van der Waals surface area (Å²) >= 11 is 0. The molecule has 0 amide bonds. The first kappa shape index (κ1) is 10.6. The Labute approximate surface area is 90.1 Å². The topological polar surface area (TPSA) is 55.6 Å². The van der Waals surface area contributed by atoms with Gasteiger partial charge in [-0.25, -0.2) is 8.78 Å². The minimum atomic E-state index is -0.966. The summed E-state index contributed by atoms with van der Waals surface area (Å²) in [5.74, 6) is -1.48. The van der Waals surface area contributed by atoms with Crippen molar-refractivity contribution in [1.29, 1.82) is 0 Å². The van der Waals surface area contributed by atoms with Crippen molar-refractivity contribution in [2.75, 3.05) is 7.05 Å². The van der Waals surface area contributed by atoms with Gasteiger partial charge >= 0.3 is 0 Å². The SMILES string of the molecule is CNCc1nnnn1-c1cccc(F)c1F. The molecule has 5 nitrogen and oxygen atoms in total. The lowest BCUT2D eigenvalue weighted by atomic mass is 10.3. The first-order chi connectivity index (χ1) is 7.74. The summed E-state index contributed by atoms with van der Waals surface area (Å²) in [6.45, 7) is 0.364. The minimum absolute atomic E-state index is 0.00440. The van der Waals surface area contributed by atoms with E-state index < -0.39 is 11.6 Å². The first-order valence-corrected chi connectivity index (χ1v) is 4.60. The number of benzene rings is 1. The maximum absolute atomic E-state index is 13.5. The van der Waals surface area contributed by atoms with Crippen molar-refractivity contribution >= 4 is 0 Å². The van der Waals surface area contributed by atoms with Gasteiger partial charge in [-0.2, -0.15) is 4.68 Å². The monoisotopic (exact) mass is 225 g/mol. The third kappa shape index (κ3) is 1.76. The van der Waals surface area contributed by atoms with Gasteiger partial charge in [0.05, 0.1) is 6.54 Å². The lowest BCUT2D eigenvalue weighted by molar-refractivity contribution is 0.498. The number of hydrogen-bond donors (Lipinski definition) is 1. The average molecular weight is 225 g/mol. The highest BCUT2D eigenvalue weighted by molar-refractivity contribution is 5.33. The van der Waals surface area contributed by atoms with Crippen molar-refractivity contribution in [2.45, 2.75) is 6.54 Å². The highest BCUT2D eigenvalue weighted by Gasteiger charge is 2.14. The van der Waals surface area contributed by atoms with E-state index in [0.29, 0.717) is 12.4 Å². The second-order valence-electron chi connectivity index (χ2n) is 3.11. The fraction of sp³-hybridized carbons (Fsp3) is 0.222. The fourth-order valence-corrected chi connectivity index (χ4v) is 1.32. The highest BCUT2D eigenvalue weighted by atomic mass is 19.2. The van der Waals surface area contributed by atoms with Gasteiger partial charge in [-0.05, 0) is 29.6 Å². The smallest absolute Gasteiger partial charge is 0.184 e. The Morgan fingerprint density at radius 1 is 1.38 bits per heavy atom. The predicted molar refractivity (Wildman–Crippen MR) is 51.8 cm³/mol. The van der Waals surface area contributed by atoms with Crippen LogP contribution in [0.3, 0.4) is 0 Å². The molecule has 0 aliphatic carbocycles. The largest absolute Gasteiger partial charge is 0.313 e. The molecule has 0 fully saturated rings. The summed E-state index contributed by atoms with van der Waals surface area (Å²) in [6, 6.07) is 3.85. The molecule has 1 heterocycles. The van der Waals surface area contributed by atoms with Gasteiger partial charge < -0.3 is 5.32 Å². The maximum atomic E-state index is 13.5. The van der Waals surface area contributed by atoms with Crippen LogP contribution in [0.5, 0.6) is 0 Å². The molecule has 0 atom stereocenters. The van der Waals surface area contributed by atoms with Crippen molar-refractivity contribution in [3.05, 3.63) is 35.7 Å². The van der Waals surface area contributed by atoms with E-state index in [1.807, 2.05) is 0 Å². The van der Waals surface area contributed by atoms with Gasteiger partial charge in [0.15, 0.2) is 17.5 Å². The summed E-state index contributed by atoms with van der Waals surface area (Å²) in [7, 11) is 1.71. The molecule has 0 saturated heterocycles. The number of aromatic nitrogens is 4. The van der Waals surface area contributed by atoms with Crippen LogP contribution >= 0.6 is 0 Å². The summed E-state index contributed by atoms with van der Waals surface area (Å²) in [5, 5.41) is 13.6. The van der Waals surface area contributed by atoms with Gasteiger partial charge in [0, 0.05) is 0 Å². The number of halogens is 2. The summed E-state index contributed by atoms with van der Waals surface area (Å²) in [6.07, 6.45) is 0. The van der Waals surface area contributed by atoms with Crippen molar-refractivity contribution in [2.24, 2.45) is 0 Å². The van der Waals surface area contributed by atoms with Crippen molar-refractivity contribution < 1.29 is 8.78 Å². The van der Waals surface area contributed by atoms with Crippen LogP contribution in [0.4, 0.5) is 8.78 Å². The minimum Gasteiger partial charge on any atom is -0.313 e. The molecule has 0 aliphatic rings. The van der Waals surface area contributed by atoms with Crippen LogP contribution in [0.15, 0.2) is 18.2 Å². The van der Waals surface area contributed by atoms with Crippen LogP contribution in [0.25, 0.3) is 5.69 Å². The molecule has 2 aromatic rings.